The number of hydrogen-bond acceptors (Lipinski definition) is 1. The zero-order valence-electron chi connectivity index (χ0n) is 10.4. The molecule has 1 saturated heterocycles. The van der Waals surface area contributed by atoms with Gasteiger partial charge < -0.3 is 4.90 Å². The third-order valence-electron chi connectivity index (χ3n) is 4.23. The molecule has 1 amide bonds. The molecule has 2 fully saturated rings. The lowest BCUT2D eigenvalue weighted by Crippen LogP contribution is -2.36. The summed E-state index contributed by atoms with van der Waals surface area (Å²) in [7, 11) is 0. The quantitative estimate of drug-likeness (QED) is 0.744. The van der Waals surface area contributed by atoms with Crippen LogP contribution in [0.3, 0.4) is 0 Å². The minimum Gasteiger partial charge on any atom is -0.312 e. The molecule has 0 N–H and O–H groups in total. The summed E-state index contributed by atoms with van der Waals surface area (Å²) in [5, 5.41) is 0. The van der Waals surface area contributed by atoms with E-state index in [2.05, 4.69) is 6.42 Å². The maximum absolute atomic E-state index is 13.2. The van der Waals surface area contributed by atoms with Gasteiger partial charge in [-0.25, -0.2) is 4.39 Å². The SMILES string of the molecule is O=C1N(c2cccc(F)c2)CCC12C[CH]CCC2. The monoisotopic (exact) mass is 246 g/mol. The summed E-state index contributed by atoms with van der Waals surface area (Å²) in [4.78, 5) is 14.3. The molecule has 1 aliphatic carbocycles. The molecule has 1 spiro atoms. The highest BCUT2D eigenvalue weighted by Crippen LogP contribution is 2.45. The van der Waals surface area contributed by atoms with Crippen molar-refractivity contribution in [3.63, 3.8) is 0 Å². The Morgan fingerprint density at radius 1 is 1.28 bits per heavy atom. The predicted molar refractivity (Wildman–Crippen MR) is 68.6 cm³/mol. The number of carbonyl (C=O) groups is 1. The van der Waals surface area contributed by atoms with Crippen molar-refractivity contribution in [1.82, 2.24) is 0 Å². The fraction of sp³-hybridized carbons (Fsp3) is 0.467. The average molecular weight is 246 g/mol. The lowest BCUT2D eigenvalue weighted by molar-refractivity contribution is -0.126. The second-order valence-electron chi connectivity index (χ2n) is 5.35. The molecule has 2 aliphatic rings. The molecular formula is C15H17FNO. The molecule has 1 aromatic carbocycles. The second-order valence-corrected chi connectivity index (χ2v) is 5.35. The Morgan fingerprint density at radius 2 is 2.17 bits per heavy atom. The van der Waals surface area contributed by atoms with Crippen LogP contribution in [0.5, 0.6) is 0 Å². The van der Waals surface area contributed by atoms with Gasteiger partial charge in [-0.15, -0.1) is 0 Å². The maximum Gasteiger partial charge on any atom is 0.233 e. The lowest BCUT2D eigenvalue weighted by Gasteiger charge is -2.31. The summed E-state index contributed by atoms with van der Waals surface area (Å²) in [5.74, 6) is -0.0968. The Bertz CT molecular complexity index is 465. The topological polar surface area (TPSA) is 20.3 Å². The molecule has 1 radical (unpaired) electrons. The van der Waals surface area contributed by atoms with Crippen LogP contribution in [-0.2, 0) is 4.79 Å². The number of halogens is 1. The van der Waals surface area contributed by atoms with Gasteiger partial charge in [0.05, 0.1) is 5.41 Å². The summed E-state index contributed by atoms with van der Waals surface area (Å²) in [6, 6.07) is 6.33. The summed E-state index contributed by atoms with van der Waals surface area (Å²) >= 11 is 0. The zero-order chi connectivity index (χ0) is 12.6. The van der Waals surface area contributed by atoms with Crippen LogP contribution in [-0.4, -0.2) is 12.5 Å². The van der Waals surface area contributed by atoms with Crippen LogP contribution in [0.25, 0.3) is 0 Å². The van der Waals surface area contributed by atoms with Gasteiger partial charge in [-0.3, -0.25) is 4.79 Å². The normalized spacial score (nSPS) is 22.7. The standard InChI is InChI=1S/C15H17FNO/c16-12-5-4-6-13(11-12)17-10-9-15(14(17)18)7-2-1-3-8-15/h2,4-6,11H,1,3,7-10H2. The predicted octanol–water partition coefficient (Wildman–Crippen LogP) is 3.33. The summed E-state index contributed by atoms with van der Waals surface area (Å²) in [6.07, 6.45) is 7.22. The minimum atomic E-state index is -0.281. The van der Waals surface area contributed by atoms with Crippen LogP contribution >= 0.6 is 0 Å². The number of nitrogens with zero attached hydrogens (tertiary/aromatic N) is 1. The number of benzene rings is 1. The highest BCUT2D eigenvalue weighted by molar-refractivity contribution is 6.00. The van der Waals surface area contributed by atoms with Crippen LogP contribution in [0.1, 0.15) is 32.1 Å². The molecule has 95 valence electrons. The first-order chi connectivity index (χ1) is 8.71. The number of carbonyl (C=O) groups excluding carboxylic acids is 1. The molecule has 0 bridgehead atoms. The molecule has 1 heterocycles. The van der Waals surface area contributed by atoms with Crippen molar-refractivity contribution in [2.75, 3.05) is 11.4 Å². The van der Waals surface area contributed by atoms with E-state index in [4.69, 9.17) is 0 Å². The van der Waals surface area contributed by atoms with Gasteiger partial charge in [-0.2, -0.15) is 0 Å². The molecule has 1 atom stereocenters. The van der Waals surface area contributed by atoms with Crippen molar-refractivity contribution in [2.24, 2.45) is 5.41 Å². The first-order valence-electron chi connectivity index (χ1n) is 6.61. The van der Waals surface area contributed by atoms with Gasteiger partial charge in [0.15, 0.2) is 0 Å². The fourth-order valence-corrected chi connectivity index (χ4v) is 3.20. The summed E-state index contributed by atoms with van der Waals surface area (Å²) < 4.78 is 13.2. The van der Waals surface area contributed by atoms with E-state index < -0.39 is 0 Å². The number of hydrogen-bond donors (Lipinski definition) is 0. The van der Waals surface area contributed by atoms with E-state index in [9.17, 15) is 9.18 Å². The fourth-order valence-electron chi connectivity index (χ4n) is 3.20. The first-order valence-corrected chi connectivity index (χ1v) is 6.61. The third kappa shape index (κ3) is 1.82. The zero-order valence-corrected chi connectivity index (χ0v) is 10.4. The van der Waals surface area contributed by atoms with E-state index in [0.29, 0.717) is 5.69 Å². The van der Waals surface area contributed by atoms with E-state index >= 15 is 0 Å². The van der Waals surface area contributed by atoms with Gasteiger partial charge in [0.2, 0.25) is 5.91 Å². The molecule has 1 unspecified atom stereocenters. The molecule has 1 aliphatic heterocycles. The van der Waals surface area contributed by atoms with Crippen LogP contribution in [0, 0.1) is 17.7 Å². The van der Waals surface area contributed by atoms with Crippen LogP contribution in [0.15, 0.2) is 24.3 Å². The molecular weight excluding hydrogens is 229 g/mol. The first kappa shape index (κ1) is 11.7. The molecule has 2 nitrogen and oxygen atoms in total. The van der Waals surface area contributed by atoms with Gasteiger partial charge in [-0.05, 0) is 43.9 Å². The van der Waals surface area contributed by atoms with Crippen molar-refractivity contribution in [1.29, 1.82) is 0 Å². The smallest absolute Gasteiger partial charge is 0.233 e. The van der Waals surface area contributed by atoms with Crippen LogP contribution < -0.4 is 4.90 Å². The van der Waals surface area contributed by atoms with Crippen molar-refractivity contribution in [3.8, 4) is 0 Å². The molecule has 1 aromatic rings. The molecule has 1 saturated carbocycles. The minimum absolute atomic E-state index is 0.184. The number of amides is 1. The van der Waals surface area contributed by atoms with Gasteiger partial charge in [-0.1, -0.05) is 18.9 Å². The third-order valence-corrected chi connectivity index (χ3v) is 4.23. The van der Waals surface area contributed by atoms with Crippen molar-refractivity contribution < 1.29 is 9.18 Å². The van der Waals surface area contributed by atoms with Gasteiger partial charge in [0.1, 0.15) is 5.82 Å². The van der Waals surface area contributed by atoms with Crippen molar-refractivity contribution in [2.45, 2.75) is 32.1 Å². The Balaban J connectivity index is 1.86. The maximum atomic E-state index is 13.2. The van der Waals surface area contributed by atoms with Crippen molar-refractivity contribution in [3.05, 3.63) is 36.5 Å². The number of rotatable bonds is 1. The van der Waals surface area contributed by atoms with E-state index in [1.807, 2.05) is 6.07 Å². The number of anilines is 1. The Hall–Kier alpha value is -1.38. The Labute approximate surface area is 107 Å². The highest BCUT2D eigenvalue weighted by atomic mass is 19.1. The Morgan fingerprint density at radius 3 is 2.89 bits per heavy atom. The van der Waals surface area contributed by atoms with E-state index in [0.717, 1.165) is 38.6 Å². The van der Waals surface area contributed by atoms with E-state index in [-0.39, 0.29) is 17.1 Å². The van der Waals surface area contributed by atoms with Crippen LogP contribution in [0.4, 0.5) is 10.1 Å². The summed E-state index contributed by atoms with van der Waals surface area (Å²) in [6.45, 7) is 0.718. The van der Waals surface area contributed by atoms with Gasteiger partial charge in [0, 0.05) is 12.2 Å². The van der Waals surface area contributed by atoms with Crippen molar-refractivity contribution >= 4 is 11.6 Å². The van der Waals surface area contributed by atoms with Gasteiger partial charge in [0.25, 0.3) is 0 Å². The molecule has 3 rings (SSSR count). The molecule has 0 aromatic heterocycles. The average Bonchev–Trinajstić information content (AvgIpc) is 2.68. The summed E-state index contributed by atoms with van der Waals surface area (Å²) in [5.41, 5.74) is 0.507. The molecule has 3 heteroatoms. The van der Waals surface area contributed by atoms with E-state index in [1.165, 1.54) is 12.1 Å². The molecule has 18 heavy (non-hydrogen) atoms. The lowest BCUT2D eigenvalue weighted by atomic mass is 9.73. The van der Waals surface area contributed by atoms with Gasteiger partial charge >= 0.3 is 0 Å². The largest absolute Gasteiger partial charge is 0.312 e. The second kappa shape index (κ2) is 4.38. The van der Waals surface area contributed by atoms with E-state index in [1.54, 1.807) is 11.0 Å². The Kier molecular flexibility index (Phi) is 2.84. The highest BCUT2D eigenvalue weighted by Gasteiger charge is 2.47. The van der Waals surface area contributed by atoms with Crippen LogP contribution in [0.2, 0.25) is 0 Å².